The van der Waals surface area contributed by atoms with E-state index in [1.807, 2.05) is 6.92 Å². The minimum atomic E-state index is -0.443. The van der Waals surface area contributed by atoms with Crippen LogP contribution in [0.3, 0.4) is 0 Å². The average molecular weight is 314 g/mol. The molecule has 0 bridgehead atoms. The molecule has 98 valence electrons. The van der Waals surface area contributed by atoms with E-state index in [9.17, 15) is 9.90 Å². The number of rotatable bonds is 1. The molecule has 2 unspecified atom stereocenters. The van der Waals surface area contributed by atoms with Gasteiger partial charge >= 0.3 is 6.03 Å². The Bertz CT molecular complexity index is 441. The monoisotopic (exact) mass is 313 g/mol. The van der Waals surface area contributed by atoms with Crippen LogP contribution in [0.5, 0.6) is 0 Å². The summed E-state index contributed by atoms with van der Waals surface area (Å²) in [6, 6.07) is 3.33. The van der Waals surface area contributed by atoms with Gasteiger partial charge in [-0.2, -0.15) is 0 Å². The number of pyridine rings is 1. The maximum atomic E-state index is 12.0. The van der Waals surface area contributed by atoms with E-state index in [4.69, 9.17) is 0 Å². The van der Waals surface area contributed by atoms with E-state index in [0.717, 1.165) is 6.42 Å². The summed E-state index contributed by atoms with van der Waals surface area (Å²) >= 11 is 3.28. The Morgan fingerprint density at radius 2 is 2.44 bits per heavy atom. The summed E-state index contributed by atoms with van der Waals surface area (Å²) in [5.74, 6) is 0.249. The van der Waals surface area contributed by atoms with Crippen LogP contribution in [0.2, 0.25) is 0 Å². The lowest BCUT2D eigenvalue weighted by atomic mass is 9.96. The first-order chi connectivity index (χ1) is 8.58. The van der Waals surface area contributed by atoms with E-state index in [2.05, 4.69) is 26.2 Å². The number of hydrogen-bond acceptors (Lipinski definition) is 3. The van der Waals surface area contributed by atoms with E-state index in [1.54, 1.807) is 23.2 Å². The second-order valence-electron chi connectivity index (χ2n) is 4.55. The van der Waals surface area contributed by atoms with Crippen molar-refractivity contribution in [3.8, 4) is 0 Å². The van der Waals surface area contributed by atoms with Crippen LogP contribution in [-0.4, -0.2) is 40.2 Å². The van der Waals surface area contributed by atoms with Gasteiger partial charge < -0.3 is 15.3 Å². The highest BCUT2D eigenvalue weighted by molar-refractivity contribution is 9.10. The molecule has 2 heterocycles. The number of aliphatic hydroxyl groups excluding tert-OH is 1. The number of nitrogens with zero attached hydrogens (tertiary/aromatic N) is 2. The molecular weight excluding hydrogens is 298 g/mol. The van der Waals surface area contributed by atoms with Gasteiger partial charge in [0, 0.05) is 19.3 Å². The molecule has 18 heavy (non-hydrogen) atoms. The Balaban J connectivity index is 1.99. The zero-order chi connectivity index (χ0) is 13.1. The summed E-state index contributed by atoms with van der Waals surface area (Å²) in [5.41, 5.74) is 0.635. The first kappa shape index (κ1) is 13.3. The Labute approximate surface area is 114 Å². The van der Waals surface area contributed by atoms with Gasteiger partial charge in [0.15, 0.2) is 0 Å². The summed E-state index contributed by atoms with van der Waals surface area (Å²) in [6.07, 6.45) is 2.02. The maximum absolute atomic E-state index is 12.0. The SMILES string of the molecule is CC1CCN(C(=O)Nc2cccnc2Br)CC1O. The number of aliphatic hydroxyl groups is 1. The minimum absolute atomic E-state index is 0.199. The molecule has 6 heteroatoms. The zero-order valence-electron chi connectivity index (χ0n) is 10.1. The Morgan fingerprint density at radius 1 is 1.67 bits per heavy atom. The fourth-order valence-electron chi connectivity index (χ4n) is 1.91. The fourth-order valence-corrected chi connectivity index (χ4v) is 2.26. The number of piperidine rings is 1. The summed E-state index contributed by atoms with van der Waals surface area (Å²) in [6.45, 7) is 3.05. The van der Waals surface area contributed by atoms with Gasteiger partial charge in [0.1, 0.15) is 4.60 Å². The van der Waals surface area contributed by atoms with Crippen molar-refractivity contribution in [2.75, 3.05) is 18.4 Å². The number of amides is 2. The number of carbonyl (C=O) groups is 1. The van der Waals surface area contributed by atoms with Crippen molar-refractivity contribution in [2.24, 2.45) is 5.92 Å². The second kappa shape index (κ2) is 5.67. The van der Waals surface area contributed by atoms with Crippen molar-refractivity contribution in [1.82, 2.24) is 9.88 Å². The van der Waals surface area contributed by atoms with Gasteiger partial charge in [-0.3, -0.25) is 0 Å². The lowest BCUT2D eigenvalue weighted by Crippen LogP contribution is -2.47. The van der Waals surface area contributed by atoms with Gasteiger partial charge in [-0.15, -0.1) is 0 Å². The molecule has 0 radical (unpaired) electrons. The molecule has 1 fully saturated rings. The molecule has 2 rings (SSSR count). The van der Waals surface area contributed by atoms with Crippen LogP contribution in [0.4, 0.5) is 10.5 Å². The van der Waals surface area contributed by atoms with E-state index in [-0.39, 0.29) is 11.9 Å². The molecule has 0 saturated carbocycles. The summed E-state index contributed by atoms with van der Waals surface area (Å²) in [4.78, 5) is 17.7. The third-order valence-electron chi connectivity index (χ3n) is 3.21. The van der Waals surface area contributed by atoms with Crippen LogP contribution in [0.1, 0.15) is 13.3 Å². The van der Waals surface area contributed by atoms with Gasteiger partial charge in [-0.25, -0.2) is 9.78 Å². The first-order valence-corrected chi connectivity index (χ1v) is 6.71. The minimum Gasteiger partial charge on any atom is -0.391 e. The van der Waals surface area contributed by atoms with Crippen molar-refractivity contribution >= 4 is 27.6 Å². The van der Waals surface area contributed by atoms with Crippen LogP contribution in [-0.2, 0) is 0 Å². The largest absolute Gasteiger partial charge is 0.391 e. The Kier molecular flexibility index (Phi) is 4.19. The topological polar surface area (TPSA) is 65.5 Å². The zero-order valence-corrected chi connectivity index (χ0v) is 11.7. The van der Waals surface area contributed by atoms with Crippen molar-refractivity contribution in [1.29, 1.82) is 0 Å². The number of β-amino-alcohol motifs (C(OH)–C–C–N with tert-alkyl or cyclic N) is 1. The first-order valence-electron chi connectivity index (χ1n) is 5.92. The number of nitrogens with one attached hydrogen (secondary N) is 1. The number of halogens is 1. The second-order valence-corrected chi connectivity index (χ2v) is 5.30. The van der Waals surface area contributed by atoms with Gasteiger partial charge in [0.2, 0.25) is 0 Å². The normalized spacial score (nSPS) is 23.8. The Morgan fingerprint density at radius 3 is 3.11 bits per heavy atom. The van der Waals surface area contributed by atoms with Gasteiger partial charge in [0.25, 0.3) is 0 Å². The van der Waals surface area contributed by atoms with E-state index in [0.29, 0.717) is 23.4 Å². The van der Waals surface area contributed by atoms with E-state index in [1.165, 1.54) is 0 Å². The summed E-state index contributed by atoms with van der Waals surface area (Å²) in [5, 5.41) is 12.6. The lowest BCUT2D eigenvalue weighted by Gasteiger charge is -2.34. The number of likely N-dealkylation sites (tertiary alicyclic amines) is 1. The third-order valence-corrected chi connectivity index (χ3v) is 3.84. The molecule has 1 saturated heterocycles. The van der Waals surface area contributed by atoms with Crippen LogP contribution in [0.15, 0.2) is 22.9 Å². The number of urea groups is 1. The predicted molar refractivity (Wildman–Crippen MR) is 72.3 cm³/mol. The molecule has 0 spiro atoms. The van der Waals surface area contributed by atoms with Gasteiger partial charge in [0.05, 0.1) is 11.8 Å². The highest BCUT2D eigenvalue weighted by Crippen LogP contribution is 2.21. The highest BCUT2D eigenvalue weighted by atomic mass is 79.9. The molecule has 2 atom stereocenters. The molecule has 1 aliphatic rings. The van der Waals surface area contributed by atoms with Crippen molar-refractivity contribution < 1.29 is 9.90 Å². The smallest absolute Gasteiger partial charge is 0.322 e. The van der Waals surface area contributed by atoms with Crippen LogP contribution >= 0.6 is 15.9 Å². The molecule has 1 aromatic heterocycles. The molecule has 2 amide bonds. The average Bonchev–Trinajstić information content (AvgIpc) is 2.35. The Hall–Kier alpha value is -1.14. The standard InChI is InChI=1S/C12H16BrN3O2/c1-8-4-6-16(7-10(8)17)12(18)15-9-3-2-5-14-11(9)13/h2-3,5,8,10,17H,4,6-7H2,1H3,(H,15,18). The van der Waals surface area contributed by atoms with Crippen molar-refractivity contribution in [2.45, 2.75) is 19.4 Å². The molecule has 1 aliphatic heterocycles. The quantitative estimate of drug-likeness (QED) is 0.780. The molecule has 5 nitrogen and oxygen atoms in total. The van der Waals surface area contributed by atoms with Crippen LogP contribution < -0.4 is 5.32 Å². The fraction of sp³-hybridized carbons (Fsp3) is 0.500. The number of anilines is 1. The third kappa shape index (κ3) is 3.00. The summed E-state index contributed by atoms with van der Waals surface area (Å²) < 4.78 is 0.601. The molecule has 0 aromatic carbocycles. The molecule has 2 N–H and O–H groups in total. The lowest BCUT2D eigenvalue weighted by molar-refractivity contribution is 0.0463. The van der Waals surface area contributed by atoms with Gasteiger partial charge in [-0.05, 0) is 40.4 Å². The van der Waals surface area contributed by atoms with E-state index < -0.39 is 6.10 Å². The van der Waals surface area contributed by atoms with Crippen molar-refractivity contribution in [3.05, 3.63) is 22.9 Å². The van der Waals surface area contributed by atoms with Crippen LogP contribution in [0, 0.1) is 5.92 Å². The molecule has 0 aliphatic carbocycles. The van der Waals surface area contributed by atoms with E-state index >= 15 is 0 Å². The highest BCUT2D eigenvalue weighted by Gasteiger charge is 2.27. The van der Waals surface area contributed by atoms with Crippen molar-refractivity contribution in [3.63, 3.8) is 0 Å². The predicted octanol–water partition coefficient (Wildman–Crippen LogP) is 2.08. The maximum Gasteiger partial charge on any atom is 0.322 e. The molecular formula is C12H16BrN3O2. The van der Waals surface area contributed by atoms with Gasteiger partial charge in [-0.1, -0.05) is 6.92 Å². The summed E-state index contributed by atoms with van der Waals surface area (Å²) in [7, 11) is 0. The number of carbonyl (C=O) groups excluding carboxylic acids is 1. The number of aromatic nitrogens is 1. The molecule has 1 aromatic rings. The van der Waals surface area contributed by atoms with Crippen LogP contribution in [0.25, 0.3) is 0 Å². The number of hydrogen-bond donors (Lipinski definition) is 2.